The molecule has 4 rings (SSSR count). The third-order valence-corrected chi connectivity index (χ3v) is 5.76. The molecule has 2 heteroatoms. The van der Waals surface area contributed by atoms with E-state index in [1.807, 2.05) is 24.3 Å². The minimum Gasteiger partial charge on any atom is -0.0844 e. The number of rotatable bonds is 2. The first kappa shape index (κ1) is 18.1. The van der Waals surface area contributed by atoms with E-state index in [1.165, 1.54) is 27.9 Å². The van der Waals surface area contributed by atoms with Crippen LogP contribution in [0.25, 0.3) is 5.57 Å². The Balaban J connectivity index is 2.03. The van der Waals surface area contributed by atoms with Gasteiger partial charge in [0.25, 0.3) is 0 Å². The van der Waals surface area contributed by atoms with Crippen LogP contribution in [0.5, 0.6) is 0 Å². The van der Waals surface area contributed by atoms with E-state index in [-0.39, 0.29) is 5.41 Å². The van der Waals surface area contributed by atoms with Gasteiger partial charge in [-0.3, -0.25) is 0 Å². The van der Waals surface area contributed by atoms with Crippen molar-refractivity contribution >= 4 is 28.8 Å². The van der Waals surface area contributed by atoms with Gasteiger partial charge in [-0.2, -0.15) is 0 Å². The smallest absolute Gasteiger partial charge is 0.0641 e. The first-order valence-corrected chi connectivity index (χ1v) is 9.76. The maximum Gasteiger partial charge on any atom is 0.0641 e. The quantitative estimate of drug-likeness (QED) is 0.494. The summed E-state index contributed by atoms with van der Waals surface area (Å²) in [5, 5.41) is 1.47. The van der Waals surface area contributed by atoms with Crippen molar-refractivity contribution in [1.29, 1.82) is 0 Å². The number of hydrogen-bond donors (Lipinski definition) is 0. The molecular formula is C25H20Cl2. The van der Waals surface area contributed by atoms with Crippen LogP contribution < -0.4 is 0 Å². The van der Waals surface area contributed by atoms with E-state index < -0.39 is 0 Å². The van der Waals surface area contributed by atoms with Crippen LogP contribution in [0.4, 0.5) is 0 Å². The molecule has 2 aliphatic carbocycles. The molecule has 0 nitrogen and oxygen atoms in total. The van der Waals surface area contributed by atoms with Gasteiger partial charge < -0.3 is 0 Å². The Morgan fingerprint density at radius 2 is 1.56 bits per heavy atom. The van der Waals surface area contributed by atoms with Crippen molar-refractivity contribution < 1.29 is 0 Å². The molecule has 0 saturated heterocycles. The van der Waals surface area contributed by atoms with Crippen molar-refractivity contribution in [2.45, 2.75) is 19.3 Å². The topological polar surface area (TPSA) is 0 Å². The van der Waals surface area contributed by atoms with E-state index in [2.05, 4.69) is 74.5 Å². The molecule has 0 N–H and O–H groups in total. The van der Waals surface area contributed by atoms with Gasteiger partial charge in [-0.15, -0.1) is 0 Å². The first-order valence-electron chi connectivity index (χ1n) is 9.01. The van der Waals surface area contributed by atoms with Crippen LogP contribution in [0.1, 0.15) is 25.0 Å². The zero-order chi connectivity index (χ0) is 19.0. The summed E-state index contributed by atoms with van der Waals surface area (Å²) in [7, 11) is 0. The summed E-state index contributed by atoms with van der Waals surface area (Å²) >= 11 is 12.5. The summed E-state index contributed by atoms with van der Waals surface area (Å²) in [4.78, 5) is 0. The van der Waals surface area contributed by atoms with Crippen LogP contribution in [0.15, 0.2) is 107 Å². The Kier molecular flexibility index (Phi) is 4.72. The number of hydrogen-bond acceptors (Lipinski definition) is 0. The Labute approximate surface area is 170 Å². The second-order valence-electron chi connectivity index (χ2n) is 7.12. The van der Waals surface area contributed by atoms with E-state index in [0.29, 0.717) is 0 Å². The third-order valence-electron chi connectivity index (χ3n) is 5.25. The molecule has 2 aromatic rings. The zero-order valence-electron chi connectivity index (χ0n) is 15.3. The SMILES string of the molecule is CC(C)=C1C=C(c2ccc(Cl)cc2)C2=CC=C(Cl)C=CC21c1ccccc1. The molecule has 2 aromatic carbocycles. The summed E-state index contributed by atoms with van der Waals surface area (Å²) in [6, 6.07) is 18.7. The lowest BCUT2D eigenvalue weighted by atomic mass is 9.69. The van der Waals surface area contributed by atoms with Crippen molar-refractivity contribution in [3.8, 4) is 0 Å². The van der Waals surface area contributed by atoms with Crippen LogP contribution in [0, 0.1) is 0 Å². The molecule has 1 atom stereocenters. The van der Waals surface area contributed by atoms with Crippen LogP contribution in [-0.4, -0.2) is 0 Å². The van der Waals surface area contributed by atoms with Crippen molar-refractivity contribution in [1.82, 2.24) is 0 Å². The normalized spacial score (nSPS) is 21.2. The monoisotopic (exact) mass is 390 g/mol. The predicted molar refractivity (Wildman–Crippen MR) is 117 cm³/mol. The van der Waals surface area contributed by atoms with Gasteiger partial charge in [0.15, 0.2) is 0 Å². The average Bonchev–Trinajstić information content (AvgIpc) is 2.91. The van der Waals surface area contributed by atoms with Gasteiger partial charge >= 0.3 is 0 Å². The minimum absolute atomic E-state index is 0.345. The van der Waals surface area contributed by atoms with E-state index in [0.717, 1.165) is 15.6 Å². The highest BCUT2D eigenvalue weighted by molar-refractivity contribution is 6.31. The number of benzene rings is 2. The zero-order valence-corrected chi connectivity index (χ0v) is 16.9. The van der Waals surface area contributed by atoms with Crippen molar-refractivity contribution in [2.75, 3.05) is 0 Å². The summed E-state index contributed by atoms with van der Waals surface area (Å²) in [6.07, 6.45) is 10.7. The maximum absolute atomic E-state index is 6.40. The van der Waals surface area contributed by atoms with Gasteiger partial charge in [0.2, 0.25) is 0 Å². The molecule has 27 heavy (non-hydrogen) atoms. The molecular weight excluding hydrogens is 371 g/mol. The van der Waals surface area contributed by atoms with Crippen LogP contribution in [0.3, 0.4) is 0 Å². The molecule has 0 aromatic heterocycles. The van der Waals surface area contributed by atoms with E-state index in [1.54, 1.807) is 0 Å². The Hall–Kier alpha value is -2.28. The fraction of sp³-hybridized carbons (Fsp3) is 0.120. The number of fused-ring (bicyclic) bond motifs is 1. The number of allylic oxidation sites excluding steroid dienone is 10. The highest BCUT2D eigenvalue weighted by Crippen LogP contribution is 2.54. The van der Waals surface area contributed by atoms with E-state index in [9.17, 15) is 0 Å². The van der Waals surface area contributed by atoms with E-state index in [4.69, 9.17) is 23.2 Å². The summed E-state index contributed by atoms with van der Waals surface area (Å²) in [5.41, 5.74) is 7.07. The molecule has 0 spiro atoms. The fourth-order valence-electron chi connectivity index (χ4n) is 4.03. The van der Waals surface area contributed by atoms with Crippen molar-refractivity contribution in [2.24, 2.45) is 0 Å². The molecule has 0 amide bonds. The predicted octanol–water partition coefficient (Wildman–Crippen LogP) is 7.63. The van der Waals surface area contributed by atoms with Gasteiger partial charge in [-0.05, 0) is 72.1 Å². The maximum atomic E-state index is 6.40. The highest BCUT2D eigenvalue weighted by Gasteiger charge is 2.43. The Bertz CT molecular complexity index is 1030. The lowest BCUT2D eigenvalue weighted by Gasteiger charge is -2.32. The van der Waals surface area contributed by atoms with E-state index >= 15 is 0 Å². The molecule has 2 aliphatic rings. The van der Waals surface area contributed by atoms with Crippen LogP contribution >= 0.6 is 23.2 Å². The third kappa shape index (κ3) is 3.04. The second-order valence-corrected chi connectivity index (χ2v) is 7.99. The summed E-state index contributed by atoms with van der Waals surface area (Å²) in [5.74, 6) is 0. The van der Waals surface area contributed by atoms with Crippen molar-refractivity contribution in [3.05, 3.63) is 123 Å². The van der Waals surface area contributed by atoms with Gasteiger partial charge in [-0.1, -0.05) is 83.4 Å². The largest absolute Gasteiger partial charge is 0.0844 e. The first-order chi connectivity index (χ1) is 13.0. The van der Waals surface area contributed by atoms with Gasteiger partial charge in [-0.25, -0.2) is 0 Å². The summed E-state index contributed by atoms with van der Waals surface area (Å²) < 4.78 is 0. The molecule has 0 radical (unpaired) electrons. The standard InChI is InChI=1S/C25H20Cl2/c1-17(2)24-16-22(18-8-10-20(26)11-9-18)23-13-12-21(27)14-15-25(23,24)19-6-4-3-5-7-19/h3-16H,1-2H3. The highest BCUT2D eigenvalue weighted by atomic mass is 35.5. The van der Waals surface area contributed by atoms with Crippen LogP contribution in [0.2, 0.25) is 5.02 Å². The number of halogens is 2. The molecule has 0 bridgehead atoms. The average molecular weight is 391 g/mol. The molecule has 134 valence electrons. The lowest BCUT2D eigenvalue weighted by Crippen LogP contribution is -2.25. The Morgan fingerprint density at radius 3 is 2.22 bits per heavy atom. The molecule has 1 unspecified atom stereocenters. The molecule has 0 heterocycles. The fourth-order valence-corrected chi connectivity index (χ4v) is 4.28. The van der Waals surface area contributed by atoms with Gasteiger partial charge in [0, 0.05) is 10.1 Å². The second kappa shape index (κ2) is 7.03. The molecule has 0 fully saturated rings. The van der Waals surface area contributed by atoms with Gasteiger partial charge in [0.05, 0.1) is 5.41 Å². The van der Waals surface area contributed by atoms with Gasteiger partial charge in [0.1, 0.15) is 0 Å². The Morgan fingerprint density at radius 1 is 0.852 bits per heavy atom. The molecule has 0 saturated carbocycles. The van der Waals surface area contributed by atoms with Crippen molar-refractivity contribution in [3.63, 3.8) is 0 Å². The minimum atomic E-state index is -0.345. The van der Waals surface area contributed by atoms with Crippen LogP contribution in [-0.2, 0) is 5.41 Å². The molecule has 0 aliphatic heterocycles. The summed E-state index contributed by atoms with van der Waals surface area (Å²) in [6.45, 7) is 4.35. The lowest BCUT2D eigenvalue weighted by molar-refractivity contribution is 0.791.